The van der Waals surface area contributed by atoms with E-state index in [1.54, 1.807) is 0 Å². The van der Waals surface area contributed by atoms with E-state index in [1.165, 1.54) is 0 Å². The monoisotopic (exact) mass is 240 g/mol. The van der Waals surface area contributed by atoms with Gasteiger partial charge in [-0.3, -0.25) is 9.59 Å². The Morgan fingerprint density at radius 3 is 2.82 bits per heavy atom. The van der Waals surface area contributed by atoms with Gasteiger partial charge >= 0.3 is 0 Å². The van der Waals surface area contributed by atoms with E-state index in [-0.39, 0.29) is 17.9 Å². The highest BCUT2D eigenvalue weighted by molar-refractivity contribution is 6.00. The van der Waals surface area contributed by atoms with Crippen LogP contribution >= 0.6 is 0 Å². The molecule has 4 N–H and O–H groups in total. The molecule has 0 atom stereocenters. The van der Waals surface area contributed by atoms with Crippen LogP contribution in [0, 0.1) is 5.82 Å². The number of pyridine rings is 1. The Labute approximate surface area is 97.4 Å². The molecule has 0 aromatic carbocycles. The first-order valence-electron chi connectivity index (χ1n) is 5.00. The van der Waals surface area contributed by atoms with E-state index in [2.05, 4.69) is 15.6 Å². The minimum Gasteiger partial charge on any atom is -0.370 e. The van der Waals surface area contributed by atoms with Crippen molar-refractivity contribution >= 4 is 17.6 Å². The maximum atomic E-state index is 13.0. The number of aromatic nitrogens is 1. The molecule has 1 aromatic rings. The second-order valence-electron chi connectivity index (χ2n) is 3.23. The van der Waals surface area contributed by atoms with Crippen LogP contribution in [0.15, 0.2) is 12.3 Å². The molecule has 2 amide bonds. The SMILES string of the molecule is CCNc1ncc(F)cc1C(=O)NCC(N)=O. The van der Waals surface area contributed by atoms with Crippen LogP contribution in [0.3, 0.4) is 0 Å². The summed E-state index contributed by atoms with van der Waals surface area (Å²) in [6.07, 6.45) is 1.00. The van der Waals surface area contributed by atoms with Gasteiger partial charge in [0, 0.05) is 6.54 Å². The van der Waals surface area contributed by atoms with Crippen molar-refractivity contribution in [3.63, 3.8) is 0 Å². The molecule has 1 rings (SSSR count). The maximum Gasteiger partial charge on any atom is 0.255 e. The van der Waals surface area contributed by atoms with Crippen molar-refractivity contribution in [1.82, 2.24) is 10.3 Å². The Bertz CT molecular complexity index is 436. The fourth-order valence-electron chi connectivity index (χ4n) is 1.18. The summed E-state index contributed by atoms with van der Waals surface area (Å²) >= 11 is 0. The molecular weight excluding hydrogens is 227 g/mol. The molecule has 7 heteroatoms. The standard InChI is InChI=1S/C10H13FN4O2/c1-2-13-9-7(3-6(11)4-14-9)10(17)15-5-8(12)16/h3-4H,2,5H2,1H3,(H2,12,16)(H,13,14)(H,15,17). The van der Waals surface area contributed by atoms with Crippen LogP contribution in [-0.4, -0.2) is 29.9 Å². The number of halogens is 1. The lowest BCUT2D eigenvalue weighted by Gasteiger charge is -2.09. The van der Waals surface area contributed by atoms with Crippen molar-refractivity contribution in [3.8, 4) is 0 Å². The molecule has 0 spiro atoms. The number of amides is 2. The van der Waals surface area contributed by atoms with Crippen LogP contribution in [0.1, 0.15) is 17.3 Å². The molecule has 0 aliphatic rings. The normalized spacial score (nSPS) is 9.76. The number of primary amides is 1. The topological polar surface area (TPSA) is 97.1 Å². The zero-order valence-electron chi connectivity index (χ0n) is 9.29. The van der Waals surface area contributed by atoms with E-state index < -0.39 is 17.6 Å². The van der Waals surface area contributed by atoms with E-state index in [9.17, 15) is 14.0 Å². The fraction of sp³-hybridized carbons (Fsp3) is 0.300. The number of anilines is 1. The van der Waals surface area contributed by atoms with E-state index in [0.29, 0.717) is 6.54 Å². The first kappa shape index (κ1) is 12.9. The van der Waals surface area contributed by atoms with Gasteiger partial charge in [-0.05, 0) is 13.0 Å². The van der Waals surface area contributed by atoms with Gasteiger partial charge in [0.1, 0.15) is 11.6 Å². The van der Waals surface area contributed by atoms with Crippen molar-refractivity contribution in [2.75, 3.05) is 18.4 Å². The number of rotatable bonds is 5. The summed E-state index contributed by atoms with van der Waals surface area (Å²) in [6, 6.07) is 1.04. The van der Waals surface area contributed by atoms with Gasteiger partial charge in [0.05, 0.1) is 18.3 Å². The van der Waals surface area contributed by atoms with Crippen LogP contribution in [0.25, 0.3) is 0 Å². The van der Waals surface area contributed by atoms with Crippen LogP contribution in [-0.2, 0) is 4.79 Å². The number of carbonyl (C=O) groups is 2. The lowest BCUT2D eigenvalue weighted by molar-refractivity contribution is -0.117. The smallest absolute Gasteiger partial charge is 0.255 e. The molecule has 0 saturated heterocycles. The van der Waals surface area contributed by atoms with Crippen molar-refractivity contribution in [1.29, 1.82) is 0 Å². The number of nitrogens with zero attached hydrogens (tertiary/aromatic N) is 1. The van der Waals surface area contributed by atoms with Gasteiger partial charge in [-0.2, -0.15) is 0 Å². The molecule has 6 nitrogen and oxygen atoms in total. The summed E-state index contributed by atoms with van der Waals surface area (Å²) in [7, 11) is 0. The third kappa shape index (κ3) is 3.71. The average Bonchev–Trinajstić information content (AvgIpc) is 2.28. The van der Waals surface area contributed by atoms with E-state index in [4.69, 9.17) is 5.73 Å². The number of hydrogen-bond donors (Lipinski definition) is 3. The van der Waals surface area contributed by atoms with Crippen molar-refractivity contribution in [3.05, 3.63) is 23.6 Å². The fourth-order valence-corrected chi connectivity index (χ4v) is 1.18. The summed E-state index contributed by atoms with van der Waals surface area (Å²) in [5.74, 6) is -1.65. The molecule has 1 heterocycles. The number of carbonyl (C=O) groups excluding carboxylic acids is 2. The molecule has 0 unspecified atom stereocenters. The third-order valence-corrected chi connectivity index (χ3v) is 1.87. The van der Waals surface area contributed by atoms with Gasteiger partial charge in [0.15, 0.2) is 0 Å². The lowest BCUT2D eigenvalue weighted by Crippen LogP contribution is -2.33. The lowest BCUT2D eigenvalue weighted by atomic mass is 10.2. The Balaban J connectivity index is 2.89. The summed E-state index contributed by atoms with van der Waals surface area (Å²) < 4.78 is 13.0. The second kappa shape index (κ2) is 5.78. The van der Waals surface area contributed by atoms with E-state index in [1.807, 2.05) is 6.92 Å². The Morgan fingerprint density at radius 1 is 1.53 bits per heavy atom. The van der Waals surface area contributed by atoms with Gasteiger partial charge < -0.3 is 16.4 Å². The molecule has 17 heavy (non-hydrogen) atoms. The summed E-state index contributed by atoms with van der Waals surface area (Å²) in [6.45, 7) is 2.05. The van der Waals surface area contributed by atoms with E-state index >= 15 is 0 Å². The first-order valence-corrected chi connectivity index (χ1v) is 5.00. The first-order chi connectivity index (χ1) is 8.04. The summed E-state index contributed by atoms with van der Waals surface area (Å²) in [4.78, 5) is 25.9. The van der Waals surface area contributed by atoms with Crippen LogP contribution < -0.4 is 16.4 Å². The molecule has 0 radical (unpaired) electrons. The highest BCUT2D eigenvalue weighted by atomic mass is 19.1. The van der Waals surface area contributed by atoms with Crippen LogP contribution in [0.5, 0.6) is 0 Å². The molecular formula is C10H13FN4O2. The predicted molar refractivity (Wildman–Crippen MR) is 59.9 cm³/mol. The van der Waals surface area contributed by atoms with Crippen molar-refractivity contribution in [2.45, 2.75) is 6.92 Å². The van der Waals surface area contributed by atoms with Gasteiger partial charge in [0.2, 0.25) is 5.91 Å². The van der Waals surface area contributed by atoms with Gasteiger partial charge in [-0.15, -0.1) is 0 Å². The molecule has 92 valence electrons. The van der Waals surface area contributed by atoms with Gasteiger partial charge in [-0.1, -0.05) is 0 Å². The molecule has 0 saturated carbocycles. The number of nitrogens with two attached hydrogens (primary N) is 1. The molecule has 0 fully saturated rings. The molecule has 0 bridgehead atoms. The molecule has 0 aliphatic carbocycles. The van der Waals surface area contributed by atoms with Crippen LogP contribution in [0.2, 0.25) is 0 Å². The van der Waals surface area contributed by atoms with Crippen LogP contribution in [0.4, 0.5) is 10.2 Å². The largest absolute Gasteiger partial charge is 0.370 e. The summed E-state index contributed by atoms with van der Waals surface area (Å²) in [5.41, 5.74) is 4.92. The predicted octanol–water partition coefficient (Wildman–Crippen LogP) is -0.132. The Hall–Kier alpha value is -2.18. The van der Waals surface area contributed by atoms with Crippen molar-refractivity contribution < 1.29 is 14.0 Å². The average molecular weight is 240 g/mol. The quantitative estimate of drug-likeness (QED) is 0.667. The minimum absolute atomic E-state index is 0.0353. The summed E-state index contributed by atoms with van der Waals surface area (Å²) in [5, 5.41) is 5.08. The second-order valence-corrected chi connectivity index (χ2v) is 3.23. The molecule has 1 aromatic heterocycles. The molecule has 0 aliphatic heterocycles. The van der Waals surface area contributed by atoms with Gasteiger partial charge in [-0.25, -0.2) is 9.37 Å². The van der Waals surface area contributed by atoms with E-state index in [0.717, 1.165) is 12.3 Å². The Kier molecular flexibility index (Phi) is 4.38. The maximum absolute atomic E-state index is 13.0. The van der Waals surface area contributed by atoms with Crippen molar-refractivity contribution in [2.24, 2.45) is 5.73 Å². The highest BCUT2D eigenvalue weighted by Gasteiger charge is 2.13. The minimum atomic E-state index is -0.673. The number of hydrogen-bond acceptors (Lipinski definition) is 4. The van der Waals surface area contributed by atoms with Gasteiger partial charge in [0.25, 0.3) is 5.91 Å². The zero-order valence-corrected chi connectivity index (χ0v) is 9.29. The highest BCUT2D eigenvalue weighted by Crippen LogP contribution is 2.13. The zero-order chi connectivity index (χ0) is 12.8. The Morgan fingerprint density at radius 2 is 2.24 bits per heavy atom. The number of nitrogens with one attached hydrogen (secondary N) is 2. The third-order valence-electron chi connectivity index (χ3n) is 1.87.